The number of hydrogen-bond acceptors (Lipinski definition) is 7. The number of amides is 1. The number of hydrogen-bond donors (Lipinski definition) is 1. The van der Waals surface area contributed by atoms with E-state index in [-0.39, 0.29) is 23.7 Å². The molecule has 2 unspecified atom stereocenters. The second-order valence-electron chi connectivity index (χ2n) is 11.6. The van der Waals surface area contributed by atoms with E-state index in [4.69, 9.17) is 9.72 Å². The van der Waals surface area contributed by atoms with E-state index in [0.29, 0.717) is 13.2 Å². The van der Waals surface area contributed by atoms with Crippen molar-refractivity contribution >= 4 is 28.3 Å². The Bertz CT molecular complexity index is 1410. The average Bonchev–Trinajstić information content (AvgIpc) is 3.56. The summed E-state index contributed by atoms with van der Waals surface area (Å²) in [5, 5.41) is 12.7. The van der Waals surface area contributed by atoms with E-state index < -0.39 is 5.97 Å². The van der Waals surface area contributed by atoms with Gasteiger partial charge in [-0.2, -0.15) is 0 Å². The largest absolute Gasteiger partial charge is 0.488 e. The van der Waals surface area contributed by atoms with Crippen molar-refractivity contribution in [1.82, 2.24) is 14.8 Å². The maximum absolute atomic E-state index is 12.3. The van der Waals surface area contributed by atoms with E-state index in [1.165, 1.54) is 11.1 Å². The highest BCUT2D eigenvalue weighted by molar-refractivity contribution is 7.14. The number of likely N-dealkylation sites (N-methyl/N-ethyl adjacent to an activating group) is 1. The van der Waals surface area contributed by atoms with E-state index in [2.05, 4.69) is 40.3 Å². The summed E-state index contributed by atoms with van der Waals surface area (Å²) in [6.07, 6.45) is 1.98. The highest BCUT2D eigenvalue weighted by Gasteiger charge is 2.46. The predicted molar refractivity (Wildman–Crippen MR) is 160 cm³/mol. The predicted octanol–water partition coefficient (Wildman–Crippen LogP) is 4.91. The number of thiazole rings is 1. The summed E-state index contributed by atoms with van der Waals surface area (Å²) in [5.74, 6) is 0.564. The van der Waals surface area contributed by atoms with Gasteiger partial charge in [0.25, 0.3) is 0 Å². The molecule has 1 amide bonds. The number of benzene rings is 2. The standard InChI is InChI=1S/C32H38N4O4S/c1-3-35-13-12-34(18-29(35)37)15-22-8-9-25(21(2)14-22)19-40-28-7-5-4-6-26(28)27-20-41-32(33-27)36-16-23-10-11-24(17-36)30(23)31(38)39/h4-9,14,20,23-24,30H,3,10-13,15-19H2,1-2H3,(H,38,39). The second-order valence-corrected chi connectivity index (χ2v) is 12.4. The van der Waals surface area contributed by atoms with Crippen LogP contribution in [0.5, 0.6) is 5.75 Å². The van der Waals surface area contributed by atoms with E-state index in [0.717, 1.165) is 79.8 Å². The molecular weight excluding hydrogens is 536 g/mol. The fourth-order valence-corrected chi connectivity index (χ4v) is 7.62. The third kappa shape index (κ3) is 5.83. The van der Waals surface area contributed by atoms with Gasteiger partial charge >= 0.3 is 5.97 Å². The van der Waals surface area contributed by atoms with Crippen LogP contribution in [0.1, 0.15) is 36.5 Å². The Balaban J connectivity index is 1.10. The van der Waals surface area contributed by atoms with Gasteiger partial charge in [-0.3, -0.25) is 14.5 Å². The van der Waals surface area contributed by atoms with Crippen molar-refractivity contribution in [2.24, 2.45) is 17.8 Å². The van der Waals surface area contributed by atoms with Crippen LogP contribution in [0, 0.1) is 24.7 Å². The topological polar surface area (TPSA) is 86.2 Å². The lowest BCUT2D eigenvalue weighted by Crippen LogP contribution is -2.49. The molecule has 0 spiro atoms. The number of aliphatic carboxylic acids is 1. The van der Waals surface area contributed by atoms with Crippen LogP contribution < -0.4 is 9.64 Å². The minimum Gasteiger partial charge on any atom is -0.488 e. The number of carboxylic acid groups (broad SMARTS) is 1. The molecule has 2 atom stereocenters. The van der Waals surface area contributed by atoms with Crippen LogP contribution >= 0.6 is 11.3 Å². The van der Waals surface area contributed by atoms with Crippen LogP contribution in [0.25, 0.3) is 11.3 Å². The molecule has 9 heteroatoms. The van der Waals surface area contributed by atoms with Crippen molar-refractivity contribution in [2.45, 2.75) is 39.8 Å². The monoisotopic (exact) mass is 574 g/mol. The van der Waals surface area contributed by atoms with Crippen molar-refractivity contribution in [3.63, 3.8) is 0 Å². The first-order valence-corrected chi connectivity index (χ1v) is 15.5. The number of anilines is 1. The van der Waals surface area contributed by atoms with E-state index in [1.54, 1.807) is 11.3 Å². The third-order valence-electron chi connectivity index (χ3n) is 9.02. The molecule has 41 heavy (non-hydrogen) atoms. The summed E-state index contributed by atoms with van der Waals surface area (Å²) < 4.78 is 6.35. The number of carbonyl (C=O) groups excluding carboxylic acids is 1. The van der Waals surface area contributed by atoms with Crippen LogP contribution in [-0.4, -0.2) is 71.0 Å². The Labute approximate surface area is 245 Å². The zero-order valence-electron chi connectivity index (χ0n) is 23.8. The van der Waals surface area contributed by atoms with Gasteiger partial charge in [-0.1, -0.05) is 30.3 Å². The molecule has 2 saturated heterocycles. The Morgan fingerprint density at radius 1 is 1.12 bits per heavy atom. The molecule has 2 aliphatic heterocycles. The van der Waals surface area contributed by atoms with Crippen LogP contribution in [0.3, 0.4) is 0 Å². The van der Waals surface area contributed by atoms with Crippen molar-refractivity contribution in [2.75, 3.05) is 44.2 Å². The van der Waals surface area contributed by atoms with Crippen molar-refractivity contribution < 1.29 is 19.4 Å². The number of ether oxygens (including phenoxy) is 1. The smallest absolute Gasteiger partial charge is 0.307 e. The molecule has 3 aliphatic rings. The fraction of sp³-hybridized carbons (Fsp3) is 0.469. The number of para-hydroxylation sites is 1. The minimum atomic E-state index is -0.644. The molecule has 6 rings (SSSR count). The Morgan fingerprint density at radius 2 is 1.90 bits per heavy atom. The second kappa shape index (κ2) is 11.8. The highest BCUT2D eigenvalue weighted by Crippen LogP contribution is 2.44. The molecule has 2 bridgehead atoms. The summed E-state index contributed by atoms with van der Waals surface area (Å²) in [6, 6.07) is 14.5. The first kappa shape index (κ1) is 27.7. The fourth-order valence-electron chi connectivity index (χ4n) is 6.78. The number of carbonyl (C=O) groups is 2. The molecule has 0 radical (unpaired) electrons. The lowest BCUT2D eigenvalue weighted by atomic mass is 9.85. The van der Waals surface area contributed by atoms with Gasteiger partial charge in [-0.05, 0) is 67.3 Å². The Kier molecular flexibility index (Phi) is 7.99. The highest BCUT2D eigenvalue weighted by atomic mass is 32.1. The molecular formula is C32H38N4O4S. The molecule has 1 N–H and O–H groups in total. The van der Waals surface area contributed by atoms with Crippen LogP contribution in [0.4, 0.5) is 5.13 Å². The normalized spacial score (nSPS) is 22.8. The van der Waals surface area contributed by atoms with Gasteiger partial charge in [-0.25, -0.2) is 4.98 Å². The van der Waals surface area contributed by atoms with Gasteiger partial charge in [0.15, 0.2) is 5.13 Å². The quantitative estimate of drug-likeness (QED) is 0.389. The summed E-state index contributed by atoms with van der Waals surface area (Å²) >= 11 is 1.62. The molecule has 3 fully saturated rings. The Morgan fingerprint density at radius 3 is 2.61 bits per heavy atom. The minimum absolute atomic E-state index is 0.206. The van der Waals surface area contributed by atoms with Gasteiger partial charge in [-0.15, -0.1) is 11.3 Å². The van der Waals surface area contributed by atoms with Crippen LogP contribution in [-0.2, 0) is 22.7 Å². The van der Waals surface area contributed by atoms with E-state index in [1.807, 2.05) is 36.1 Å². The molecule has 3 aromatic rings. The maximum atomic E-state index is 12.3. The Hall–Kier alpha value is -3.43. The van der Waals surface area contributed by atoms with Crippen molar-refractivity contribution in [3.8, 4) is 17.0 Å². The summed E-state index contributed by atoms with van der Waals surface area (Å²) in [4.78, 5) is 35.4. The van der Waals surface area contributed by atoms with Gasteiger partial charge in [0, 0.05) is 50.2 Å². The number of aryl methyl sites for hydroxylation is 1. The van der Waals surface area contributed by atoms with Crippen molar-refractivity contribution in [1.29, 1.82) is 0 Å². The number of piperazine rings is 1. The lowest BCUT2D eigenvalue weighted by Gasteiger charge is -2.35. The summed E-state index contributed by atoms with van der Waals surface area (Å²) in [6.45, 7) is 9.86. The molecule has 1 aliphatic carbocycles. The molecule has 216 valence electrons. The first-order chi connectivity index (χ1) is 19.9. The summed E-state index contributed by atoms with van der Waals surface area (Å²) in [7, 11) is 0. The van der Waals surface area contributed by atoms with Gasteiger partial charge in [0.05, 0.1) is 18.2 Å². The molecule has 8 nitrogen and oxygen atoms in total. The molecule has 1 aromatic heterocycles. The zero-order chi connectivity index (χ0) is 28.5. The number of carboxylic acids is 1. The number of fused-ring (bicyclic) bond motifs is 2. The summed E-state index contributed by atoms with van der Waals surface area (Å²) in [5.41, 5.74) is 5.36. The SMILES string of the molecule is CCN1CCN(Cc2ccc(COc3ccccc3-c3csc(N4CC5CCC(C4)C5C(=O)O)n3)c(C)c2)CC1=O. The number of piperidine rings is 1. The average molecular weight is 575 g/mol. The van der Waals surface area contributed by atoms with Gasteiger partial charge in [0.2, 0.25) is 5.91 Å². The number of aromatic nitrogens is 1. The van der Waals surface area contributed by atoms with Gasteiger partial charge < -0.3 is 19.6 Å². The van der Waals surface area contributed by atoms with Crippen LogP contribution in [0.2, 0.25) is 0 Å². The molecule has 3 heterocycles. The number of nitrogens with zero attached hydrogens (tertiary/aromatic N) is 4. The van der Waals surface area contributed by atoms with E-state index >= 15 is 0 Å². The first-order valence-electron chi connectivity index (χ1n) is 14.6. The third-order valence-corrected chi connectivity index (χ3v) is 9.92. The number of rotatable bonds is 9. The zero-order valence-corrected chi connectivity index (χ0v) is 24.6. The molecule has 2 aromatic carbocycles. The maximum Gasteiger partial charge on any atom is 0.307 e. The van der Waals surface area contributed by atoms with Crippen LogP contribution in [0.15, 0.2) is 47.8 Å². The van der Waals surface area contributed by atoms with Gasteiger partial charge in [0.1, 0.15) is 12.4 Å². The molecule has 1 saturated carbocycles. The van der Waals surface area contributed by atoms with Crippen molar-refractivity contribution in [3.05, 3.63) is 64.5 Å². The van der Waals surface area contributed by atoms with E-state index in [9.17, 15) is 14.7 Å². The lowest BCUT2D eigenvalue weighted by molar-refractivity contribution is -0.144.